The number of aryl methyl sites for hydroxylation is 1. The lowest BCUT2D eigenvalue weighted by Gasteiger charge is -2.15. The molecule has 1 aromatic carbocycles. The topological polar surface area (TPSA) is 53.4 Å². The Hall–Kier alpha value is -1.24. The van der Waals surface area contributed by atoms with Crippen molar-refractivity contribution in [2.24, 2.45) is 0 Å². The molecule has 0 spiro atoms. The van der Waals surface area contributed by atoms with Gasteiger partial charge in [-0.2, -0.15) is 0 Å². The highest BCUT2D eigenvalue weighted by molar-refractivity contribution is 7.79. The first-order chi connectivity index (χ1) is 12.2. The van der Waals surface area contributed by atoms with Crippen molar-refractivity contribution in [2.45, 2.75) is 63.2 Å². The van der Waals surface area contributed by atoms with Crippen LogP contribution in [-0.2, 0) is 23.9 Å². The number of fused-ring (bicyclic) bond motifs is 1. The van der Waals surface area contributed by atoms with Gasteiger partial charge in [-0.1, -0.05) is 39.0 Å². The van der Waals surface area contributed by atoms with Crippen LogP contribution in [0.5, 0.6) is 0 Å². The number of rotatable bonds is 9. The van der Waals surface area contributed by atoms with E-state index in [-0.39, 0.29) is 0 Å². The largest absolute Gasteiger partial charge is 0.317 e. The molecule has 136 valence electrons. The molecule has 1 N–H and O–H groups in total. The number of unbranched alkanes of at least 4 members (excludes halogenated alkanes) is 5. The third kappa shape index (κ3) is 4.68. The third-order valence-corrected chi connectivity index (χ3v) is 6.27. The van der Waals surface area contributed by atoms with Gasteiger partial charge in [0, 0.05) is 17.6 Å². The van der Waals surface area contributed by atoms with Gasteiger partial charge < -0.3 is 9.45 Å². The minimum atomic E-state index is -1.91. The summed E-state index contributed by atoms with van der Waals surface area (Å²) >= 11 is -0.214. The van der Waals surface area contributed by atoms with Crippen LogP contribution in [0.1, 0.15) is 56.7 Å². The zero-order valence-corrected chi connectivity index (χ0v) is 16.4. The van der Waals surface area contributed by atoms with Crippen LogP contribution < -0.4 is 4.90 Å². The summed E-state index contributed by atoms with van der Waals surface area (Å²) in [6.45, 7) is 3.14. The van der Waals surface area contributed by atoms with Crippen molar-refractivity contribution < 1.29 is 8.76 Å². The molecule has 0 saturated heterocycles. The highest BCUT2D eigenvalue weighted by Gasteiger charge is 2.23. The van der Waals surface area contributed by atoms with Gasteiger partial charge in [0.2, 0.25) is 0 Å². The standard InChI is InChI=1S/C19H26N2O2S2/c1-2-3-4-5-6-7-8-16-14-24-19(20-16)21-12-11-15-13-17(25(22)23)9-10-18(15)21/h9-10,13-14H,2-8,11-12H2,1H3,(H,22,23). The Morgan fingerprint density at radius 1 is 1.24 bits per heavy atom. The zero-order valence-electron chi connectivity index (χ0n) is 14.7. The van der Waals surface area contributed by atoms with E-state index in [0.717, 1.165) is 35.8 Å². The van der Waals surface area contributed by atoms with Crippen molar-refractivity contribution in [1.29, 1.82) is 0 Å². The van der Waals surface area contributed by atoms with Crippen LogP contribution in [0.25, 0.3) is 0 Å². The first-order valence-corrected chi connectivity index (χ1v) is 11.1. The van der Waals surface area contributed by atoms with E-state index in [4.69, 9.17) is 4.98 Å². The van der Waals surface area contributed by atoms with Gasteiger partial charge in [-0.05, 0) is 43.0 Å². The molecular formula is C19H26N2O2S2. The molecule has 1 atom stereocenters. The number of benzene rings is 1. The molecule has 6 heteroatoms. The maximum Gasteiger partial charge on any atom is 0.190 e. The Balaban J connectivity index is 1.58. The normalized spacial score (nSPS) is 14.7. The lowest BCUT2D eigenvalue weighted by atomic mass is 10.1. The van der Waals surface area contributed by atoms with Crippen LogP contribution >= 0.6 is 11.3 Å². The second-order valence-electron chi connectivity index (χ2n) is 6.58. The van der Waals surface area contributed by atoms with E-state index >= 15 is 0 Å². The SMILES string of the molecule is CCCCCCCCc1csc(N2CCc3cc(S(=O)O)ccc32)n1. The molecule has 2 heterocycles. The van der Waals surface area contributed by atoms with Gasteiger partial charge in [0.15, 0.2) is 16.2 Å². The fourth-order valence-corrected chi connectivity index (χ4v) is 4.63. The predicted octanol–water partition coefficient (Wildman–Crippen LogP) is 5.32. The highest BCUT2D eigenvalue weighted by Crippen LogP contribution is 2.37. The molecule has 0 amide bonds. The molecule has 0 saturated carbocycles. The molecule has 25 heavy (non-hydrogen) atoms. The van der Waals surface area contributed by atoms with E-state index < -0.39 is 11.1 Å². The molecule has 0 aliphatic carbocycles. The molecule has 1 aliphatic heterocycles. The first-order valence-electron chi connectivity index (χ1n) is 9.14. The monoisotopic (exact) mass is 378 g/mol. The van der Waals surface area contributed by atoms with Gasteiger partial charge in [0.05, 0.1) is 10.6 Å². The van der Waals surface area contributed by atoms with Crippen molar-refractivity contribution in [3.8, 4) is 0 Å². The Kier molecular flexibility index (Phi) is 6.62. The van der Waals surface area contributed by atoms with Gasteiger partial charge in [-0.3, -0.25) is 0 Å². The van der Waals surface area contributed by atoms with Crippen LogP contribution in [0, 0.1) is 0 Å². The highest BCUT2D eigenvalue weighted by atomic mass is 32.2. The minimum Gasteiger partial charge on any atom is -0.317 e. The second-order valence-corrected chi connectivity index (χ2v) is 8.39. The number of thiazole rings is 1. The van der Waals surface area contributed by atoms with E-state index in [0.29, 0.717) is 4.90 Å². The Morgan fingerprint density at radius 3 is 2.84 bits per heavy atom. The molecule has 3 rings (SSSR count). The summed E-state index contributed by atoms with van der Waals surface area (Å²) in [5.74, 6) is 0. The predicted molar refractivity (Wildman–Crippen MR) is 105 cm³/mol. The van der Waals surface area contributed by atoms with Gasteiger partial charge >= 0.3 is 0 Å². The number of hydrogen-bond acceptors (Lipinski definition) is 4. The first kappa shape index (κ1) is 18.5. The Labute approximate surface area is 156 Å². The summed E-state index contributed by atoms with van der Waals surface area (Å²) in [4.78, 5) is 7.52. The summed E-state index contributed by atoms with van der Waals surface area (Å²) in [6.07, 6.45) is 9.79. The van der Waals surface area contributed by atoms with Gasteiger partial charge in [0.1, 0.15) is 0 Å². The van der Waals surface area contributed by atoms with Crippen LogP contribution in [0.2, 0.25) is 0 Å². The number of aromatic nitrogens is 1. The van der Waals surface area contributed by atoms with Crippen LogP contribution in [0.4, 0.5) is 10.8 Å². The van der Waals surface area contributed by atoms with Crippen molar-refractivity contribution in [3.63, 3.8) is 0 Å². The Morgan fingerprint density at radius 2 is 2.04 bits per heavy atom. The van der Waals surface area contributed by atoms with Crippen molar-refractivity contribution >= 4 is 33.2 Å². The number of anilines is 2. The fraction of sp³-hybridized carbons (Fsp3) is 0.526. The quantitative estimate of drug-likeness (QED) is 0.474. The van der Waals surface area contributed by atoms with Gasteiger partial charge in [-0.15, -0.1) is 11.3 Å². The summed E-state index contributed by atoms with van der Waals surface area (Å²) in [5.41, 5.74) is 3.44. The van der Waals surface area contributed by atoms with Crippen molar-refractivity contribution in [2.75, 3.05) is 11.4 Å². The van der Waals surface area contributed by atoms with Crippen LogP contribution in [-0.4, -0.2) is 20.3 Å². The van der Waals surface area contributed by atoms with Gasteiger partial charge in [-0.25, -0.2) is 9.19 Å². The molecular weight excluding hydrogens is 352 g/mol. The number of nitrogens with zero attached hydrogens (tertiary/aromatic N) is 2. The van der Waals surface area contributed by atoms with E-state index in [9.17, 15) is 8.76 Å². The smallest absolute Gasteiger partial charge is 0.190 e. The average molecular weight is 379 g/mol. The zero-order chi connectivity index (χ0) is 17.6. The van der Waals surface area contributed by atoms with Crippen molar-refractivity contribution in [1.82, 2.24) is 4.98 Å². The Bertz CT molecular complexity index is 730. The fourth-order valence-electron chi connectivity index (χ4n) is 3.31. The van der Waals surface area contributed by atoms with Crippen LogP contribution in [0.15, 0.2) is 28.5 Å². The third-order valence-electron chi connectivity index (χ3n) is 4.71. The minimum absolute atomic E-state index is 0.475. The summed E-state index contributed by atoms with van der Waals surface area (Å²) in [6, 6.07) is 5.52. The summed E-state index contributed by atoms with van der Waals surface area (Å²) in [5, 5.41) is 3.22. The number of hydrogen-bond donors (Lipinski definition) is 1. The molecule has 0 fully saturated rings. The average Bonchev–Trinajstić information content (AvgIpc) is 3.23. The van der Waals surface area contributed by atoms with E-state index in [1.165, 1.54) is 44.2 Å². The van der Waals surface area contributed by atoms with E-state index in [1.54, 1.807) is 17.4 Å². The summed E-state index contributed by atoms with van der Waals surface area (Å²) in [7, 11) is 0. The van der Waals surface area contributed by atoms with Crippen LogP contribution in [0.3, 0.4) is 0 Å². The summed E-state index contributed by atoms with van der Waals surface area (Å²) < 4.78 is 20.5. The molecule has 2 aromatic rings. The molecule has 1 aromatic heterocycles. The molecule has 1 unspecified atom stereocenters. The molecule has 0 bridgehead atoms. The second kappa shape index (κ2) is 8.92. The lowest BCUT2D eigenvalue weighted by Crippen LogP contribution is -2.13. The maximum atomic E-state index is 11.2. The van der Waals surface area contributed by atoms with E-state index in [2.05, 4.69) is 17.2 Å². The maximum absolute atomic E-state index is 11.2. The molecule has 4 nitrogen and oxygen atoms in total. The molecule has 0 radical (unpaired) electrons. The van der Waals surface area contributed by atoms with Gasteiger partial charge in [0.25, 0.3) is 0 Å². The van der Waals surface area contributed by atoms with Crippen molar-refractivity contribution in [3.05, 3.63) is 34.8 Å². The molecule has 1 aliphatic rings. The van der Waals surface area contributed by atoms with E-state index in [1.807, 2.05) is 12.1 Å². The lowest BCUT2D eigenvalue weighted by molar-refractivity contribution is 0.564.